The lowest BCUT2D eigenvalue weighted by molar-refractivity contribution is -0.137. The second kappa shape index (κ2) is 8.26. The molecule has 1 aromatic heterocycles. The Labute approximate surface area is 156 Å². The van der Waals surface area contributed by atoms with Crippen LogP contribution in [0.1, 0.15) is 30.7 Å². The Kier molecular flexibility index (Phi) is 6.28. The van der Waals surface area contributed by atoms with E-state index >= 15 is 0 Å². The van der Waals surface area contributed by atoms with Crippen LogP contribution in [0.4, 0.5) is 18.9 Å². The minimum absolute atomic E-state index is 0.0990. The summed E-state index contributed by atoms with van der Waals surface area (Å²) < 4.78 is 39.0. The van der Waals surface area contributed by atoms with Crippen LogP contribution in [0, 0.1) is 11.3 Å². The van der Waals surface area contributed by atoms with Crippen LogP contribution in [0.25, 0.3) is 0 Å². The van der Waals surface area contributed by atoms with Gasteiger partial charge in [-0.1, -0.05) is 30.8 Å². The van der Waals surface area contributed by atoms with Gasteiger partial charge in [-0.2, -0.15) is 18.4 Å². The van der Waals surface area contributed by atoms with E-state index in [4.69, 9.17) is 5.26 Å². The number of nitrogens with one attached hydrogen (secondary N) is 2. The summed E-state index contributed by atoms with van der Waals surface area (Å²) in [5.74, 6) is -0.679. The van der Waals surface area contributed by atoms with Crippen LogP contribution in [-0.2, 0) is 17.4 Å². The lowest BCUT2D eigenvalue weighted by Gasteiger charge is -2.16. The molecule has 6 nitrogen and oxygen atoms in total. The maximum Gasteiger partial charge on any atom is 0.418 e. The molecule has 0 aliphatic rings. The minimum Gasteiger partial charge on any atom is -0.325 e. The third-order valence-corrected chi connectivity index (χ3v) is 4.55. The van der Waals surface area contributed by atoms with Crippen LogP contribution < -0.4 is 10.9 Å². The maximum absolute atomic E-state index is 13.0. The van der Waals surface area contributed by atoms with Crippen LogP contribution in [0.5, 0.6) is 0 Å². The van der Waals surface area contributed by atoms with Gasteiger partial charge < -0.3 is 10.3 Å². The number of H-pyrrole nitrogens is 1. The topological polar surface area (TPSA) is 98.6 Å². The Morgan fingerprint density at radius 2 is 2.07 bits per heavy atom. The first-order valence-corrected chi connectivity index (χ1v) is 8.72. The number of carbonyl (C=O) groups excluding carboxylic acids is 1. The number of nitriles is 1. The highest BCUT2D eigenvalue weighted by Gasteiger charge is 2.34. The zero-order valence-electron chi connectivity index (χ0n) is 14.3. The smallest absolute Gasteiger partial charge is 0.325 e. The third kappa shape index (κ3) is 4.89. The van der Waals surface area contributed by atoms with E-state index in [2.05, 4.69) is 15.3 Å². The molecule has 2 rings (SSSR count). The molecule has 0 saturated carbocycles. The number of hydrogen-bond donors (Lipinski definition) is 2. The molecule has 0 aliphatic carbocycles. The Morgan fingerprint density at radius 3 is 2.67 bits per heavy atom. The van der Waals surface area contributed by atoms with Crippen LogP contribution in [0.2, 0.25) is 0 Å². The van der Waals surface area contributed by atoms with Gasteiger partial charge in [0.05, 0.1) is 22.2 Å². The number of anilines is 1. The van der Waals surface area contributed by atoms with Crippen LogP contribution in [0.3, 0.4) is 0 Å². The standard InChI is InChI=1S/C17H15F3N4O2S/c1-3-12-10(8-21)15(26)24-16(23-12)27-9(2)14(25)22-13-7-5-4-6-11(13)17(18,19)20/h4-7,9H,3H2,1-2H3,(H,22,25)(H,23,24,26)/t9-/m1/s1. The molecule has 0 bridgehead atoms. The highest BCUT2D eigenvalue weighted by molar-refractivity contribution is 8.00. The lowest BCUT2D eigenvalue weighted by Crippen LogP contribution is -2.25. The predicted octanol–water partition coefficient (Wildman–Crippen LogP) is 3.34. The summed E-state index contributed by atoms with van der Waals surface area (Å²) in [6.45, 7) is 3.20. The summed E-state index contributed by atoms with van der Waals surface area (Å²) in [6, 6.07) is 6.42. The van der Waals surface area contributed by atoms with E-state index < -0.39 is 28.5 Å². The molecule has 0 saturated heterocycles. The number of nitrogens with zero attached hydrogens (tertiary/aromatic N) is 2. The summed E-state index contributed by atoms with van der Waals surface area (Å²) in [6.07, 6.45) is -4.25. The van der Waals surface area contributed by atoms with Crippen molar-refractivity contribution in [2.24, 2.45) is 0 Å². The minimum atomic E-state index is -4.60. The van der Waals surface area contributed by atoms with Crippen molar-refractivity contribution in [2.75, 3.05) is 5.32 Å². The Bertz CT molecular complexity index is 950. The molecule has 0 fully saturated rings. The fourth-order valence-corrected chi connectivity index (χ4v) is 3.03. The van der Waals surface area contributed by atoms with Crippen LogP contribution >= 0.6 is 11.8 Å². The fourth-order valence-electron chi connectivity index (χ4n) is 2.22. The first-order chi connectivity index (χ1) is 12.7. The molecule has 1 heterocycles. The first kappa shape index (κ1) is 20.5. The van der Waals surface area contributed by atoms with Gasteiger partial charge in [-0.3, -0.25) is 9.59 Å². The molecule has 0 unspecified atom stereocenters. The number of thioether (sulfide) groups is 1. The fraction of sp³-hybridized carbons (Fsp3) is 0.294. The van der Waals surface area contributed by atoms with Crippen molar-refractivity contribution in [1.29, 1.82) is 5.26 Å². The second-order valence-corrected chi connectivity index (χ2v) is 6.78. The lowest BCUT2D eigenvalue weighted by atomic mass is 10.1. The Balaban J connectivity index is 2.20. The number of aryl methyl sites for hydroxylation is 1. The quantitative estimate of drug-likeness (QED) is 0.597. The molecule has 2 N–H and O–H groups in total. The van der Waals surface area contributed by atoms with E-state index in [9.17, 15) is 22.8 Å². The van der Waals surface area contributed by atoms with Gasteiger partial charge in [0.25, 0.3) is 5.56 Å². The van der Waals surface area contributed by atoms with E-state index in [1.54, 1.807) is 13.0 Å². The van der Waals surface area contributed by atoms with Crippen LogP contribution in [-0.4, -0.2) is 21.1 Å². The van der Waals surface area contributed by atoms with Gasteiger partial charge in [0.15, 0.2) is 5.16 Å². The third-order valence-electron chi connectivity index (χ3n) is 3.57. The monoisotopic (exact) mass is 396 g/mol. The largest absolute Gasteiger partial charge is 0.418 e. The van der Waals surface area contributed by atoms with E-state index in [-0.39, 0.29) is 16.4 Å². The second-order valence-electron chi connectivity index (χ2n) is 5.45. The zero-order chi connectivity index (χ0) is 20.2. The number of hydrogen-bond acceptors (Lipinski definition) is 5. The van der Waals surface area contributed by atoms with Gasteiger partial charge in [0, 0.05) is 0 Å². The van der Waals surface area contributed by atoms with E-state index in [1.165, 1.54) is 19.1 Å². The van der Waals surface area contributed by atoms with Gasteiger partial charge in [0.1, 0.15) is 11.6 Å². The molecule has 10 heteroatoms. The van der Waals surface area contributed by atoms with E-state index in [0.29, 0.717) is 12.1 Å². The normalized spacial score (nSPS) is 12.3. The summed E-state index contributed by atoms with van der Waals surface area (Å²) in [5, 5.41) is 10.5. The number of aromatic nitrogens is 2. The van der Waals surface area contributed by atoms with Crippen LogP contribution in [0.15, 0.2) is 34.2 Å². The number of benzene rings is 1. The highest BCUT2D eigenvalue weighted by atomic mass is 32.2. The molecular formula is C17H15F3N4O2S. The van der Waals surface area contributed by atoms with Gasteiger partial charge in [-0.25, -0.2) is 4.98 Å². The maximum atomic E-state index is 13.0. The number of amides is 1. The molecule has 27 heavy (non-hydrogen) atoms. The number of carbonyl (C=O) groups is 1. The highest BCUT2D eigenvalue weighted by Crippen LogP contribution is 2.35. The van der Waals surface area contributed by atoms with Crippen molar-refractivity contribution in [2.45, 2.75) is 36.9 Å². The molecule has 1 aromatic carbocycles. The average molecular weight is 396 g/mol. The number of alkyl halides is 3. The summed E-state index contributed by atoms with van der Waals surface area (Å²) in [7, 11) is 0. The summed E-state index contributed by atoms with van der Waals surface area (Å²) >= 11 is 0.878. The molecule has 1 atom stereocenters. The average Bonchev–Trinajstić information content (AvgIpc) is 2.60. The summed E-state index contributed by atoms with van der Waals surface area (Å²) in [5.41, 5.74) is -1.73. The first-order valence-electron chi connectivity index (χ1n) is 7.84. The molecule has 0 aliphatic heterocycles. The van der Waals surface area contributed by atoms with Crippen molar-refractivity contribution in [1.82, 2.24) is 9.97 Å². The van der Waals surface area contributed by atoms with E-state index in [1.807, 2.05) is 0 Å². The van der Waals surface area contributed by atoms with Crippen molar-refractivity contribution in [3.63, 3.8) is 0 Å². The molecule has 0 spiro atoms. The van der Waals surface area contributed by atoms with Crippen molar-refractivity contribution in [3.05, 3.63) is 51.4 Å². The van der Waals surface area contributed by atoms with Gasteiger partial charge >= 0.3 is 6.18 Å². The van der Waals surface area contributed by atoms with Gasteiger partial charge in [-0.05, 0) is 25.5 Å². The number of para-hydroxylation sites is 1. The van der Waals surface area contributed by atoms with E-state index in [0.717, 1.165) is 23.9 Å². The number of halogens is 3. The molecule has 1 amide bonds. The number of rotatable bonds is 5. The van der Waals surface area contributed by atoms with Gasteiger partial charge in [0.2, 0.25) is 5.91 Å². The Hall–Kier alpha value is -2.80. The van der Waals surface area contributed by atoms with Crippen molar-refractivity contribution < 1.29 is 18.0 Å². The Morgan fingerprint density at radius 1 is 1.41 bits per heavy atom. The van der Waals surface area contributed by atoms with Gasteiger partial charge in [-0.15, -0.1) is 0 Å². The SMILES string of the molecule is CCc1nc(S[C@H](C)C(=O)Nc2ccccc2C(F)(F)F)[nH]c(=O)c1C#N. The van der Waals surface area contributed by atoms with Crippen molar-refractivity contribution >= 4 is 23.4 Å². The zero-order valence-corrected chi connectivity index (χ0v) is 15.2. The molecule has 0 radical (unpaired) electrons. The molecular weight excluding hydrogens is 381 g/mol. The molecule has 2 aromatic rings. The van der Waals surface area contributed by atoms with Crippen molar-refractivity contribution in [3.8, 4) is 6.07 Å². The molecule has 142 valence electrons. The summed E-state index contributed by atoms with van der Waals surface area (Å²) in [4.78, 5) is 30.7. The number of aromatic amines is 1. The predicted molar refractivity (Wildman–Crippen MR) is 94.3 cm³/mol.